The van der Waals surface area contributed by atoms with Crippen molar-refractivity contribution in [3.8, 4) is 0 Å². The first kappa shape index (κ1) is 20.5. The topological polar surface area (TPSA) is 79.5 Å². The lowest BCUT2D eigenvalue weighted by Crippen LogP contribution is -2.09. The number of hydrogen-bond acceptors (Lipinski definition) is 3. The van der Waals surface area contributed by atoms with Crippen molar-refractivity contribution < 1.29 is 33.0 Å². The molecule has 150 valence electrons. The molecule has 0 radical (unpaired) electrons. The monoisotopic (exact) mass is 423 g/mol. The molecular weight excluding hydrogens is 411 g/mol. The maximum atomic E-state index is 12.7. The van der Waals surface area contributed by atoms with Crippen LogP contribution in [-0.4, -0.2) is 26.5 Å². The summed E-state index contributed by atoms with van der Waals surface area (Å²) in [6.07, 6.45) is -2.38. The number of carboxylic acid groups (broad SMARTS) is 1. The zero-order chi connectivity index (χ0) is 21.3. The van der Waals surface area contributed by atoms with Gasteiger partial charge in [-0.1, -0.05) is 23.7 Å². The van der Waals surface area contributed by atoms with Crippen molar-refractivity contribution in [1.82, 2.24) is 4.57 Å². The number of carbonyl (C=O) groups excluding carboxylic acids is 1. The molecule has 0 unspecified atom stereocenters. The number of ketones is 1. The molecule has 3 rings (SSSR count). The van der Waals surface area contributed by atoms with E-state index in [1.165, 1.54) is 24.4 Å². The minimum absolute atomic E-state index is 0.170. The van der Waals surface area contributed by atoms with Gasteiger partial charge in [0, 0.05) is 40.3 Å². The molecule has 0 bridgehead atoms. The van der Waals surface area contributed by atoms with E-state index in [1.807, 2.05) is 0 Å². The molecule has 0 aliphatic rings. The fourth-order valence-electron chi connectivity index (χ4n) is 2.86. The van der Waals surface area contributed by atoms with E-state index in [9.17, 15) is 27.9 Å². The highest BCUT2D eigenvalue weighted by Gasteiger charge is 2.30. The van der Waals surface area contributed by atoms with E-state index >= 15 is 0 Å². The lowest BCUT2D eigenvalue weighted by molar-refractivity contribution is -0.146. The van der Waals surface area contributed by atoms with Gasteiger partial charge in [-0.2, -0.15) is 13.2 Å². The minimum atomic E-state index is -4.43. The Morgan fingerprint density at radius 3 is 2.31 bits per heavy atom. The average molecular weight is 424 g/mol. The zero-order valence-corrected chi connectivity index (χ0v) is 15.3. The summed E-state index contributed by atoms with van der Waals surface area (Å²) in [7, 11) is 0. The number of rotatable bonds is 5. The molecule has 9 heteroatoms. The van der Waals surface area contributed by atoms with Crippen LogP contribution in [0.2, 0.25) is 5.02 Å². The summed E-state index contributed by atoms with van der Waals surface area (Å²) in [6, 6.07) is 9.41. The van der Waals surface area contributed by atoms with E-state index in [2.05, 4.69) is 0 Å². The van der Waals surface area contributed by atoms with Crippen LogP contribution in [0.5, 0.6) is 0 Å². The molecule has 0 fully saturated rings. The Bertz CT molecular complexity index is 1130. The first-order chi connectivity index (χ1) is 13.6. The number of fused-ring (bicyclic) bond motifs is 1. The van der Waals surface area contributed by atoms with Gasteiger partial charge in [0.25, 0.3) is 5.78 Å². The molecule has 2 N–H and O–H groups in total. The third-order valence-electron chi connectivity index (χ3n) is 4.23. The maximum Gasteiger partial charge on any atom is 0.416 e. The Kier molecular flexibility index (Phi) is 5.39. The first-order valence-corrected chi connectivity index (χ1v) is 8.57. The molecule has 1 heterocycles. The smallest absolute Gasteiger partial charge is 0.416 e. The van der Waals surface area contributed by atoms with Gasteiger partial charge in [-0.3, -0.25) is 4.79 Å². The van der Waals surface area contributed by atoms with Crippen LogP contribution in [0.25, 0.3) is 16.7 Å². The second-order valence-corrected chi connectivity index (χ2v) is 6.66. The molecule has 0 saturated heterocycles. The Balaban J connectivity index is 2.03. The summed E-state index contributed by atoms with van der Waals surface area (Å²) >= 11 is 6.00. The third-order valence-corrected chi connectivity index (χ3v) is 4.47. The fraction of sp³-hybridized carbons (Fsp3) is 0.100. The molecule has 0 aliphatic heterocycles. The van der Waals surface area contributed by atoms with E-state index in [-0.39, 0.29) is 12.1 Å². The second-order valence-electron chi connectivity index (χ2n) is 6.23. The Labute approximate surface area is 167 Å². The number of hydrogen-bond donors (Lipinski definition) is 2. The van der Waals surface area contributed by atoms with Crippen LogP contribution in [0.4, 0.5) is 13.2 Å². The van der Waals surface area contributed by atoms with Crippen LogP contribution < -0.4 is 0 Å². The largest absolute Gasteiger partial charge is 0.507 e. The number of aromatic nitrogens is 1. The fourth-order valence-corrected chi connectivity index (χ4v) is 3.04. The number of halogens is 4. The molecule has 2 aromatic carbocycles. The van der Waals surface area contributed by atoms with Crippen LogP contribution in [0, 0.1) is 0 Å². The van der Waals surface area contributed by atoms with E-state index in [1.54, 1.807) is 16.7 Å². The van der Waals surface area contributed by atoms with Crippen LogP contribution >= 0.6 is 11.6 Å². The normalized spacial score (nSPS) is 12.3. The first-order valence-electron chi connectivity index (χ1n) is 8.19. The van der Waals surface area contributed by atoms with E-state index in [4.69, 9.17) is 16.7 Å². The highest BCUT2D eigenvalue weighted by atomic mass is 35.5. The van der Waals surface area contributed by atoms with Crippen molar-refractivity contribution in [3.63, 3.8) is 0 Å². The van der Waals surface area contributed by atoms with Crippen LogP contribution in [0.15, 0.2) is 54.7 Å². The molecule has 5 nitrogen and oxygen atoms in total. The zero-order valence-electron chi connectivity index (χ0n) is 14.6. The molecule has 29 heavy (non-hydrogen) atoms. The molecule has 0 saturated carbocycles. The van der Waals surface area contributed by atoms with E-state index < -0.39 is 29.3 Å². The number of benzene rings is 2. The van der Waals surface area contributed by atoms with Crippen molar-refractivity contribution >= 4 is 40.0 Å². The molecule has 0 aliphatic carbocycles. The van der Waals surface area contributed by atoms with Gasteiger partial charge < -0.3 is 14.8 Å². The summed E-state index contributed by atoms with van der Waals surface area (Å²) in [5.41, 5.74) is 0.566. The summed E-state index contributed by atoms with van der Waals surface area (Å²) in [5, 5.41) is 19.7. The summed E-state index contributed by atoms with van der Waals surface area (Å²) in [4.78, 5) is 22.1. The van der Waals surface area contributed by atoms with Gasteiger partial charge in [-0.15, -0.1) is 0 Å². The van der Waals surface area contributed by atoms with Crippen LogP contribution in [0.3, 0.4) is 0 Å². The quantitative estimate of drug-likeness (QED) is 0.347. The number of alkyl halides is 3. The van der Waals surface area contributed by atoms with Gasteiger partial charge in [0.05, 0.1) is 5.56 Å². The Morgan fingerprint density at radius 2 is 1.72 bits per heavy atom. The summed E-state index contributed by atoms with van der Waals surface area (Å²) in [5.74, 6) is -3.58. The Hall–Kier alpha value is -3.26. The number of carboxylic acids is 1. The van der Waals surface area contributed by atoms with Gasteiger partial charge in [-0.25, -0.2) is 4.79 Å². The van der Waals surface area contributed by atoms with Crippen molar-refractivity contribution in [2.45, 2.75) is 12.7 Å². The standard InChI is InChI=1S/C20H13ClF3NO4/c21-13-5-6-16-14(7-13)15(17(26)8-18(27)19(28)29)10-25(16)9-11-1-3-12(4-2-11)20(22,23)24/h1-8,10,26H,9H2,(H,28,29)/b17-8-. The molecule has 0 atom stereocenters. The van der Waals surface area contributed by atoms with E-state index in [0.717, 1.165) is 12.1 Å². The van der Waals surface area contributed by atoms with Crippen LogP contribution in [-0.2, 0) is 22.3 Å². The number of aliphatic hydroxyl groups is 1. The van der Waals surface area contributed by atoms with Gasteiger partial charge in [-0.05, 0) is 35.9 Å². The number of carbonyl (C=O) groups is 2. The van der Waals surface area contributed by atoms with Gasteiger partial charge in [0.1, 0.15) is 5.76 Å². The van der Waals surface area contributed by atoms with Gasteiger partial charge >= 0.3 is 12.1 Å². The Morgan fingerprint density at radius 1 is 1.07 bits per heavy atom. The molecule has 1 aromatic heterocycles. The summed E-state index contributed by atoms with van der Waals surface area (Å²) < 4.78 is 39.8. The molecular formula is C20H13ClF3NO4. The van der Waals surface area contributed by atoms with E-state index in [0.29, 0.717) is 27.6 Å². The SMILES string of the molecule is O=C(O)C(=O)/C=C(\O)c1cn(Cc2ccc(C(F)(F)F)cc2)c2ccc(Cl)cc12. The minimum Gasteiger partial charge on any atom is -0.507 e. The van der Waals surface area contributed by atoms with Crippen LogP contribution in [0.1, 0.15) is 16.7 Å². The highest BCUT2D eigenvalue weighted by molar-refractivity contribution is 6.38. The molecule has 0 spiro atoms. The molecule has 3 aromatic rings. The van der Waals surface area contributed by atoms with Crippen molar-refractivity contribution in [1.29, 1.82) is 0 Å². The number of aliphatic carboxylic acids is 1. The number of aliphatic hydroxyl groups excluding tert-OH is 1. The third kappa shape index (κ3) is 4.43. The van der Waals surface area contributed by atoms with Crippen molar-refractivity contribution in [2.75, 3.05) is 0 Å². The lowest BCUT2D eigenvalue weighted by Gasteiger charge is -2.09. The maximum absolute atomic E-state index is 12.7. The van der Waals surface area contributed by atoms with Gasteiger partial charge in [0.15, 0.2) is 0 Å². The molecule has 0 amide bonds. The number of nitrogens with zero attached hydrogens (tertiary/aromatic N) is 1. The van der Waals surface area contributed by atoms with Crippen molar-refractivity contribution in [2.24, 2.45) is 0 Å². The highest BCUT2D eigenvalue weighted by Crippen LogP contribution is 2.31. The lowest BCUT2D eigenvalue weighted by atomic mass is 10.1. The summed E-state index contributed by atoms with van der Waals surface area (Å²) in [6.45, 7) is 0.177. The van der Waals surface area contributed by atoms with Gasteiger partial charge in [0.2, 0.25) is 0 Å². The average Bonchev–Trinajstić information content (AvgIpc) is 2.99. The van der Waals surface area contributed by atoms with Crippen molar-refractivity contribution in [3.05, 3.63) is 76.5 Å². The predicted octanol–water partition coefficient (Wildman–Crippen LogP) is 4.91. The predicted molar refractivity (Wildman–Crippen MR) is 101 cm³/mol. The second kappa shape index (κ2) is 7.63.